The normalized spacial score (nSPS) is 11.8. The molecule has 0 unspecified atom stereocenters. The van der Waals surface area contributed by atoms with Gasteiger partial charge in [-0.05, 0) is 45.1 Å². The second kappa shape index (κ2) is 4.22. The first-order valence-corrected chi connectivity index (χ1v) is 6.06. The van der Waals surface area contributed by atoms with Crippen LogP contribution in [0.25, 0.3) is 11.1 Å². The highest BCUT2D eigenvalue weighted by Gasteiger charge is 2.30. The van der Waals surface area contributed by atoms with Crippen molar-refractivity contribution in [1.29, 1.82) is 0 Å². The fraction of sp³-hybridized carbons (Fsp3) is 0.0909. The van der Waals surface area contributed by atoms with Crippen LogP contribution in [0.2, 0.25) is 0 Å². The Morgan fingerprint density at radius 1 is 1.12 bits per heavy atom. The second-order valence-corrected chi connectivity index (χ2v) is 5.42. The lowest BCUT2D eigenvalue weighted by Gasteiger charge is -2.08. The molecule has 0 nitrogen and oxygen atoms in total. The predicted molar refractivity (Wildman–Crippen MR) is 62.5 cm³/mol. The van der Waals surface area contributed by atoms with E-state index >= 15 is 0 Å². The van der Waals surface area contributed by atoms with Crippen molar-refractivity contribution in [2.45, 2.75) is 6.18 Å². The van der Waals surface area contributed by atoms with E-state index in [1.165, 1.54) is 17.4 Å². The molecule has 1 aromatic heterocycles. The SMILES string of the molecule is FC(F)(F)c1cccc(-c2ccsc2Br)c1. The summed E-state index contributed by atoms with van der Waals surface area (Å²) in [7, 11) is 0. The summed E-state index contributed by atoms with van der Waals surface area (Å²) in [6, 6.07) is 7.12. The monoisotopic (exact) mass is 306 g/mol. The summed E-state index contributed by atoms with van der Waals surface area (Å²) >= 11 is 4.76. The number of alkyl halides is 3. The molecule has 2 rings (SSSR count). The fourth-order valence-electron chi connectivity index (χ4n) is 1.36. The van der Waals surface area contributed by atoms with E-state index in [1.54, 1.807) is 12.1 Å². The van der Waals surface area contributed by atoms with Crippen molar-refractivity contribution in [2.75, 3.05) is 0 Å². The third-order valence-corrected chi connectivity index (χ3v) is 3.81. The fourth-order valence-corrected chi connectivity index (χ4v) is 2.68. The van der Waals surface area contributed by atoms with Gasteiger partial charge in [0.25, 0.3) is 0 Å². The topological polar surface area (TPSA) is 0 Å². The molecule has 0 saturated carbocycles. The van der Waals surface area contributed by atoms with Crippen LogP contribution in [0.3, 0.4) is 0 Å². The first kappa shape index (κ1) is 11.7. The maximum absolute atomic E-state index is 12.5. The lowest BCUT2D eigenvalue weighted by Crippen LogP contribution is -2.04. The van der Waals surface area contributed by atoms with Gasteiger partial charge < -0.3 is 0 Å². The third-order valence-electron chi connectivity index (χ3n) is 2.12. The van der Waals surface area contributed by atoms with Crippen molar-refractivity contribution in [1.82, 2.24) is 0 Å². The molecule has 0 bridgehead atoms. The summed E-state index contributed by atoms with van der Waals surface area (Å²) in [4.78, 5) is 0. The highest BCUT2D eigenvalue weighted by Crippen LogP contribution is 2.36. The van der Waals surface area contributed by atoms with Gasteiger partial charge in [0.15, 0.2) is 0 Å². The van der Waals surface area contributed by atoms with E-state index in [0.29, 0.717) is 5.56 Å². The molecule has 0 fully saturated rings. The molecule has 0 aliphatic carbocycles. The van der Waals surface area contributed by atoms with Crippen LogP contribution in [0.1, 0.15) is 5.56 Å². The van der Waals surface area contributed by atoms with Gasteiger partial charge in [0.05, 0.1) is 9.35 Å². The summed E-state index contributed by atoms with van der Waals surface area (Å²) in [5.41, 5.74) is 0.738. The second-order valence-electron chi connectivity index (χ2n) is 3.19. The highest BCUT2D eigenvalue weighted by atomic mass is 79.9. The summed E-state index contributed by atoms with van der Waals surface area (Å²) < 4.78 is 38.3. The summed E-state index contributed by atoms with van der Waals surface area (Å²) in [6.45, 7) is 0. The van der Waals surface area contributed by atoms with Crippen LogP contribution < -0.4 is 0 Å². The van der Waals surface area contributed by atoms with Gasteiger partial charge in [0.1, 0.15) is 0 Å². The van der Waals surface area contributed by atoms with Gasteiger partial charge >= 0.3 is 6.18 Å². The molecule has 1 aromatic carbocycles. The average molecular weight is 307 g/mol. The molecule has 2 aromatic rings. The van der Waals surface area contributed by atoms with Crippen LogP contribution in [-0.2, 0) is 6.18 Å². The Balaban J connectivity index is 2.49. The van der Waals surface area contributed by atoms with Crippen molar-refractivity contribution in [2.24, 2.45) is 0 Å². The minimum Gasteiger partial charge on any atom is -0.166 e. The zero-order valence-corrected chi connectivity index (χ0v) is 10.3. The molecule has 0 amide bonds. The molecule has 16 heavy (non-hydrogen) atoms. The molecule has 0 aliphatic rings. The van der Waals surface area contributed by atoms with Gasteiger partial charge in [-0.15, -0.1) is 11.3 Å². The number of benzene rings is 1. The molecule has 0 spiro atoms. The molecular formula is C11H6BrF3S. The van der Waals surface area contributed by atoms with Crippen LogP contribution in [0, 0.1) is 0 Å². The molecule has 84 valence electrons. The average Bonchev–Trinajstić information content (AvgIpc) is 2.63. The number of thiophene rings is 1. The standard InChI is InChI=1S/C11H6BrF3S/c12-10-9(4-5-16-10)7-2-1-3-8(6-7)11(13,14)15/h1-6H. The first-order valence-electron chi connectivity index (χ1n) is 4.39. The van der Waals surface area contributed by atoms with E-state index in [4.69, 9.17) is 0 Å². The van der Waals surface area contributed by atoms with E-state index in [2.05, 4.69) is 15.9 Å². The van der Waals surface area contributed by atoms with E-state index in [9.17, 15) is 13.2 Å². The van der Waals surface area contributed by atoms with Crippen LogP contribution in [0.15, 0.2) is 39.5 Å². The molecule has 0 radical (unpaired) electrons. The van der Waals surface area contributed by atoms with Gasteiger partial charge in [-0.25, -0.2) is 0 Å². The quantitative estimate of drug-likeness (QED) is 0.679. The van der Waals surface area contributed by atoms with Crippen molar-refractivity contribution >= 4 is 27.3 Å². The zero-order valence-electron chi connectivity index (χ0n) is 7.88. The van der Waals surface area contributed by atoms with Crippen LogP contribution in [-0.4, -0.2) is 0 Å². The van der Waals surface area contributed by atoms with E-state index in [1.807, 2.05) is 5.38 Å². The van der Waals surface area contributed by atoms with Crippen LogP contribution >= 0.6 is 27.3 Å². The summed E-state index contributed by atoms with van der Waals surface area (Å²) in [6.07, 6.45) is -4.29. The summed E-state index contributed by atoms with van der Waals surface area (Å²) in [5, 5.41) is 1.83. The Kier molecular flexibility index (Phi) is 3.08. The van der Waals surface area contributed by atoms with Gasteiger partial charge in [-0.1, -0.05) is 12.1 Å². The van der Waals surface area contributed by atoms with Gasteiger partial charge in [-0.3, -0.25) is 0 Å². The Morgan fingerprint density at radius 3 is 2.44 bits per heavy atom. The van der Waals surface area contributed by atoms with Crippen molar-refractivity contribution in [3.63, 3.8) is 0 Å². The van der Waals surface area contributed by atoms with Crippen LogP contribution in [0.4, 0.5) is 13.2 Å². The van der Waals surface area contributed by atoms with E-state index < -0.39 is 11.7 Å². The molecular weight excluding hydrogens is 301 g/mol. The first-order chi connectivity index (χ1) is 7.48. The lowest BCUT2D eigenvalue weighted by molar-refractivity contribution is -0.137. The van der Waals surface area contributed by atoms with Crippen molar-refractivity contribution < 1.29 is 13.2 Å². The Labute approximate surface area is 103 Å². The Hall–Kier alpha value is -0.810. The number of halogens is 4. The minimum absolute atomic E-state index is 0.572. The summed E-state index contributed by atoms with van der Waals surface area (Å²) in [5.74, 6) is 0. The molecule has 0 N–H and O–H groups in total. The molecule has 1 heterocycles. The Bertz CT molecular complexity index is 502. The number of hydrogen-bond acceptors (Lipinski definition) is 1. The van der Waals surface area contributed by atoms with Gasteiger partial charge in [0.2, 0.25) is 0 Å². The minimum atomic E-state index is -4.29. The van der Waals surface area contributed by atoms with Gasteiger partial charge in [0, 0.05) is 5.56 Å². The van der Waals surface area contributed by atoms with Crippen molar-refractivity contribution in [3.8, 4) is 11.1 Å². The smallest absolute Gasteiger partial charge is 0.166 e. The van der Waals surface area contributed by atoms with E-state index in [0.717, 1.165) is 21.5 Å². The van der Waals surface area contributed by atoms with Crippen molar-refractivity contribution in [3.05, 3.63) is 45.1 Å². The van der Waals surface area contributed by atoms with Crippen LogP contribution in [0.5, 0.6) is 0 Å². The number of hydrogen-bond donors (Lipinski definition) is 0. The molecule has 0 aliphatic heterocycles. The Morgan fingerprint density at radius 2 is 1.88 bits per heavy atom. The zero-order chi connectivity index (χ0) is 11.8. The molecule has 5 heteroatoms. The maximum atomic E-state index is 12.5. The highest BCUT2D eigenvalue weighted by molar-refractivity contribution is 9.11. The lowest BCUT2D eigenvalue weighted by atomic mass is 10.1. The number of rotatable bonds is 1. The third kappa shape index (κ3) is 2.30. The molecule has 0 saturated heterocycles. The maximum Gasteiger partial charge on any atom is 0.416 e. The van der Waals surface area contributed by atoms with E-state index in [-0.39, 0.29) is 0 Å². The largest absolute Gasteiger partial charge is 0.416 e. The van der Waals surface area contributed by atoms with Gasteiger partial charge in [-0.2, -0.15) is 13.2 Å². The predicted octanol–water partition coefficient (Wildman–Crippen LogP) is 5.20. The molecule has 0 atom stereocenters.